The SMILES string of the molecule is Cc1ccc(NC(=O)CSc2nnc(-c3ccncc3)n2CC(C)C)cc1Cl. The molecule has 8 heteroatoms. The molecular weight excluding hydrogens is 394 g/mol. The fourth-order valence-corrected chi connectivity index (χ4v) is 3.57. The van der Waals surface area contributed by atoms with Crippen molar-refractivity contribution in [1.82, 2.24) is 19.7 Å². The molecule has 0 spiro atoms. The van der Waals surface area contributed by atoms with Crippen molar-refractivity contribution in [2.45, 2.75) is 32.5 Å². The molecule has 0 aliphatic rings. The van der Waals surface area contributed by atoms with E-state index in [1.807, 2.05) is 31.2 Å². The number of rotatable bonds is 7. The van der Waals surface area contributed by atoms with Gasteiger partial charge >= 0.3 is 0 Å². The Morgan fingerprint density at radius 1 is 1.21 bits per heavy atom. The predicted octanol–water partition coefficient (Wildman–Crippen LogP) is 4.69. The van der Waals surface area contributed by atoms with E-state index in [0.717, 1.165) is 28.7 Å². The normalized spacial score (nSPS) is 11.0. The summed E-state index contributed by atoms with van der Waals surface area (Å²) in [5.74, 6) is 1.32. The number of halogens is 1. The minimum atomic E-state index is -0.116. The third-order valence-electron chi connectivity index (χ3n) is 3.99. The van der Waals surface area contributed by atoms with Crippen LogP contribution in [0.15, 0.2) is 47.9 Å². The lowest BCUT2D eigenvalue weighted by Gasteiger charge is -2.12. The Morgan fingerprint density at radius 2 is 1.96 bits per heavy atom. The lowest BCUT2D eigenvalue weighted by atomic mass is 10.2. The molecule has 2 heterocycles. The van der Waals surface area contributed by atoms with Crippen LogP contribution in [-0.2, 0) is 11.3 Å². The lowest BCUT2D eigenvalue weighted by Crippen LogP contribution is -2.15. The molecule has 0 saturated carbocycles. The van der Waals surface area contributed by atoms with E-state index in [1.165, 1.54) is 11.8 Å². The zero-order valence-electron chi connectivity index (χ0n) is 16.0. The highest BCUT2D eigenvalue weighted by molar-refractivity contribution is 7.99. The number of amides is 1. The Bertz CT molecular complexity index is 958. The summed E-state index contributed by atoms with van der Waals surface area (Å²) in [6, 6.07) is 9.28. The Kier molecular flexibility index (Phi) is 6.70. The van der Waals surface area contributed by atoms with Crippen LogP contribution in [0.4, 0.5) is 5.69 Å². The van der Waals surface area contributed by atoms with Crippen LogP contribution in [0.1, 0.15) is 19.4 Å². The van der Waals surface area contributed by atoms with Crippen LogP contribution in [0.2, 0.25) is 5.02 Å². The van der Waals surface area contributed by atoms with Gasteiger partial charge in [0.25, 0.3) is 0 Å². The molecule has 1 N–H and O–H groups in total. The second-order valence-electron chi connectivity index (χ2n) is 6.85. The van der Waals surface area contributed by atoms with Crippen molar-refractivity contribution in [1.29, 1.82) is 0 Å². The first-order valence-corrected chi connectivity index (χ1v) is 10.3. The van der Waals surface area contributed by atoms with Crippen molar-refractivity contribution in [3.05, 3.63) is 53.3 Å². The number of carbonyl (C=O) groups is 1. The van der Waals surface area contributed by atoms with Crippen molar-refractivity contribution in [3.63, 3.8) is 0 Å². The van der Waals surface area contributed by atoms with Gasteiger partial charge in [0, 0.05) is 35.2 Å². The zero-order valence-corrected chi connectivity index (χ0v) is 17.6. The molecule has 0 bridgehead atoms. The number of nitrogens with zero attached hydrogens (tertiary/aromatic N) is 4. The van der Waals surface area contributed by atoms with Gasteiger partial charge < -0.3 is 9.88 Å². The second-order valence-corrected chi connectivity index (χ2v) is 8.20. The van der Waals surface area contributed by atoms with Crippen molar-refractivity contribution >= 4 is 35.0 Å². The Balaban J connectivity index is 1.72. The molecule has 0 unspecified atom stereocenters. The van der Waals surface area contributed by atoms with Gasteiger partial charge in [0.1, 0.15) is 0 Å². The van der Waals surface area contributed by atoms with E-state index in [-0.39, 0.29) is 11.7 Å². The van der Waals surface area contributed by atoms with Gasteiger partial charge in [0.15, 0.2) is 11.0 Å². The summed E-state index contributed by atoms with van der Waals surface area (Å²) < 4.78 is 2.06. The summed E-state index contributed by atoms with van der Waals surface area (Å²) >= 11 is 7.49. The highest BCUT2D eigenvalue weighted by atomic mass is 35.5. The Hall–Kier alpha value is -2.38. The van der Waals surface area contributed by atoms with Gasteiger partial charge in [0.2, 0.25) is 5.91 Å². The van der Waals surface area contributed by atoms with Crippen LogP contribution in [0.3, 0.4) is 0 Å². The summed E-state index contributed by atoms with van der Waals surface area (Å²) in [6.45, 7) is 6.96. The molecule has 28 heavy (non-hydrogen) atoms. The summed E-state index contributed by atoms with van der Waals surface area (Å²) in [7, 11) is 0. The standard InChI is InChI=1S/C20H22ClN5OS/c1-13(2)11-26-19(15-6-8-22-9-7-15)24-25-20(26)28-12-18(27)23-16-5-4-14(3)17(21)10-16/h4-10,13H,11-12H2,1-3H3,(H,23,27). The molecule has 1 aromatic carbocycles. The summed E-state index contributed by atoms with van der Waals surface area (Å²) in [6.07, 6.45) is 3.47. The molecule has 6 nitrogen and oxygen atoms in total. The average molecular weight is 416 g/mol. The van der Waals surface area contributed by atoms with Crippen molar-refractivity contribution in [3.8, 4) is 11.4 Å². The molecule has 0 atom stereocenters. The smallest absolute Gasteiger partial charge is 0.234 e. The van der Waals surface area contributed by atoms with Gasteiger partial charge in [-0.3, -0.25) is 9.78 Å². The Labute approximate surface area is 173 Å². The molecule has 1 amide bonds. The maximum absolute atomic E-state index is 12.4. The predicted molar refractivity (Wildman–Crippen MR) is 114 cm³/mol. The van der Waals surface area contributed by atoms with Crippen LogP contribution in [-0.4, -0.2) is 31.4 Å². The van der Waals surface area contributed by atoms with E-state index in [1.54, 1.807) is 18.5 Å². The quantitative estimate of drug-likeness (QED) is 0.567. The van der Waals surface area contributed by atoms with Crippen molar-refractivity contribution in [2.24, 2.45) is 5.92 Å². The topological polar surface area (TPSA) is 72.7 Å². The van der Waals surface area contributed by atoms with E-state index in [9.17, 15) is 4.79 Å². The number of hydrogen-bond donors (Lipinski definition) is 1. The molecule has 0 fully saturated rings. The lowest BCUT2D eigenvalue weighted by molar-refractivity contribution is -0.113. The molecule has 146 valence electrons. The molecule has 0 aliphatic heterocycles. The zero-order chi connectivity index (χ0) is 20.1. The molecular formula is C20H22ClN5OS. The number of carbonyl (C=O) groups excluding carboxylic acids is 1. The number of aryl methyl sites for hydroxylation is 1. The van der Waals surface area contributed by atoms with Crippen LogP contribution >= 0.6 is 23.4 Å². The Morgan fingerprint density at radius 3 is 2.64 bits per heavy atom. The molecule has 2 aromatic heterocycles. The molecule has 0 saturated heterocycles. The van der Waals surface area contributed by atoms with Gasteiger partial charge in [0.05, 0.1) is 5.75 Å². The maximum Gasteiger partial charge on any atom is 0.234 e. The number of nitrogens with one attached hydrogen (secondary N) is 1. The summed E-state index contributed by atoms with van der Waals surface area (Å²) in [5.41, 5.74) is 2.61. The molecule has 0 radical (unpaired) electrons. The largest absolute Gasteiger partial charge is 0.325 e. The minimum absolute atomic E-state index is 0.116. The van der Waals surface area contributed by atoms with Crippen molar-refractivity contribution in [2.75, 3.05) is 11.1 Å². The monoisotopic (exact) mass is 415 g/mol. The third kappa shape index (κ3) is 5.11. The number of aromatic nitrogens is 4. The van der Waals surface area contributed by atoms with Crippen LogP contribution < -0.4 is 5.32 Å². The second kappa shape index (κ2) is 9.21. The van der Waals surface area contributed by atoms with Gasteiger partial charge in [-0.1, -0.05) is 43.3 Å². The highest BCUT2D eigenvalue weighted by Gasteiger charge is 2.16. The van der Waals surface area contributed by atoms with Crippen LogP contribution in [0, 0.1) is 12.8 Å². The van der Waals surface area contributed by atoms with E-state index < -0.39 is 0 Å². The summed E-state index contributed by atoms with van der Waals surface area (Å²) in [5, 5.41) is 12.9. The van der Waals surface area contributed by atoms with E-state index >= 15 is 0 Å². The van der Waals surface area contributed by atoms with Gasteiger partial charge in [-0.2, -0.15) is 0 Å². The first-order valence-electron chi connectivity index (χ1n) is 8.96. The summed E-state index contributed by atoms with van der Waals surface area (Å²) in [4.78, 5) is 16.4. The van der Waals surface area contributed by atoms with E-state index in [0.29, 0.717) is 16.6 Å². The average Bonchev–Trinajstić information content (AvgIpc) is 3.05. The minimum Gasteiger partial charge on any atom is -0.325 e. The van der Waals surface area contributed by atoms with Gasteiger partial charge in [-0.05, 0) is 42.7 Å². The van der Waals surface area contributed by atoms with Gasteiger partial charge in [-0.15, -0.1) is 10.2 Å². The fourth-order valence-electron chi connectivity index (χ4n) is 2.64. The number of thioether (sulfide) groups is 1. The fraction of sp³-hybridized carbons (Fsp3) is 0.300. The molecule has 0 aliphatic carbocycles. The first-order chi connectivity index (χ1) is 13.4. The number of anilines is 1. The van der Waals surface area contributed by atoms with E-state index in [2.05, 4.69) is 38.9 Å². The third-order valence-corrected chi connectivity index (χ3v) is 5.36. The first kappa shape index (κ1) is 20.4. The number of hydrogen-bond acceptors (Lipinski definition) is 5. The highest BCUT2D eigenvalue weighted by Crippen LogP contribution is 2.25. The van der Waals surface area contributed by atoms with Crippen LogP contribution in [0.5, 0.6) is 0 Å². The van der Waals surface area contributed by atoms with E-state index in [4.69, 9.17) is 11.6 Å². The van der Waals surface area contributed by atoms with Crippen molar-refractivity contribution < 1.29 is 4.79 Å². The maximum atomic E-state index is 12.4. The molecule has 3 aromatic rings. The van der Waals surface area contributed by atoms with Crippen LogP contribution in [0.25, 0.3) is 11.4 Å². The van der Waals surface area contributed by atoms with Gasteiger partial charge in [-0.25, -0.2) is 0 Å². The number of benzene rings is 1. The molecule has 3 rings (SSSR count). The number of pyridine rings is 1.